The van der Waals surface area contributed by atoms with E-state index >= 15 is 0 Å². The maximum absolute atomic E-state index is 12.0. The van der Waals surface area contributed by atoms with Gasteiger partial charge in [-0.25, -0.2) is 0 Å². The molecule has 1 aliphatic carbocycles. The highest BCUT2D eigenvalue weighted by atomic mass is 79.9. The smallest absolute Gasteiger partial charge is 0.309 e. The van der Waals surface area contributed by atoms with Crippen molar-refractivity contribution in [3.63, 3.8) is 0 Å². The summed E-state index contributed by atoms with van der Waals surface area (Å²) in [7, 11) is 0. The van der Waals surface area contributed by atoms with Crippen molar-refractivity contribution >= 4 is 33.4 Å². The molecular formula is C15H14BrNO2S. The maximum Gasteiger partial charge on any atom is 0.309 e. The molecule has 3 rings (SSSR count). The van der Waals surface area contributed by atoms with Crippen molar-refractivity contribution in [3.05, 3.63) is 50.9 Å². The minimum absolute atomic E-state index is 0.0101. The zero-order valence-electron chi connectivity index (χ0n) is 11.0. The Kier molecular flexibility index (Phi) is 3.89. The maximum atomic E-state index is 12.0. The third kappa shape index (κ3) is 3.10. The Bertz CT molecular complexity index is 623. The molecule has 0 unspecified atom stereocenters. The van der Waals surface area contributed by atoms with E-state index < -0.39 is 0 Å². The number of rotatable bonds is 4. The minimum Gasteiger partial charge on any atom is -0.459 e. The van der Waals surface area contributed by atoms with Crippen molar-refractivity contribution in [2.75, 3.05) is 0 Å². The van der Waals surface area contributed by atoms with Crippen LogP contribution in [0.25, 0.3) is 0 Å². The van der Waals surface area contributed by atoms with E-state index in [1.165, 1.54) is 17.1 Å². The first-order valence-electron chi connectivity index (χ1n) is 6.48. The number of carbonyl (C=O) groups excluding carboxylic acids is 1. The summed E-state index contributed by atoms with van der Waals surface area (Å²) >= 11 is 4.85. The molecule has 1 heterocycles. The van der Waals surface area contributed by atoms with Crippen LogP contribution in [0, 0.1) is 12.8 Å². The zero-order valence-corrected chi connectivity index (χ0v) is 13.4. The first-order valence-corrected chi connectivity index (χ1v) is 8.04. The Morgan fingerprint density at radius 3 is 2.85 bits per heavy atom. The van der Waals surface area contributed by atoms with Gasteiger partial charge in [0.05, 0.1) is 11.6 Å². The fraction of sp³-hybridized carbons (Fsp3) is 0.333. The van der Waals surface area contributed by atoms with Crippen LogP contribution in [-0.4, -0.2) is 10.3 Å². The van der Waals surface area contributed by atoms with Crippen molar-refractivity contribution in [1.82, 2.24) is 4.37 Å². The van der Waals surface area contributed by atoms with Gasteiger partial charge < -0.3 is 4.74 Å². The molecule has 1 aliphatic rings. The largest absolute Gasteiger partial charge is 0.459 e. The van der Waals surface area contributed by atoms with E-state index in [9.17, 15) is 4.79 Å². The Labute approximate surface area is 130 Å². The second-order valence-corrected chi connectivity index (χ2v) is 6.96. The SMILES string of the molecule is Cc1cc(COC(=O)[C@@H]2C[C@H]2c2ccc(Br)cc2)ns1. The van der Waals surface area contributed by atoms with E-state index in [1.807, 2.05) is 25.1 Å². The summed E-state index contributed by atoms with van der Waals surface area (Å²) in [5.74, 6) is 0.215. The van der Waals surface area contributed by atoms with Gasteiger partial charge in [-0.2, -0.15) is 4.37 Å². The average molecular weight is 352 g/mol. The number of carbonyl (C=O) groups is 1. The van der Waals surface area contributed by atoms with Gasteiger partial charge in [0.2, 0.25) is 0 Å². The highest BCUT2D eigenvalue weighted by Gasteiger charge is 2.45. The van der Waals surface area contributed by atoms with Crippen LogP contribution in [0.5, 0.6) is 0 Å². The lowest BCUT2D eigenvalue weighted by atomic mass is 10.1. The summed E-state index contributed by atoms with van der Waals surface area (Å²) < 4.78 is 10.6. The summed E-state index contributed by atoms with van der Waals surface area (Å²) in [6.45, 7) is 2.28. The molecule has 0 N–H and O–H groups in total. The molecule has 104 valence electrons. The highest BCUT2D eigenvalue weighted by molar-refractivity contribution is 9.10. The molecule has 5 heteroatoms. The molecule has 0 bridgehead atoms. The van der Waals surface area contributed by atoms with Crippen LogP contribution < -0.4 is 0 Å². The van der Waals surface area contributed by atoms with E-state index in [0.29, 0.717) is 5.92 Å². The number of aryl methyl sites for hydroxylation is 1. The van der Waals surface area contributed by atoms with E-state index in [0.717, 1.165) is 21.5 Å². The van der Waals surface area contributed by atoms with Gasteiger partial charge in [0, 0.05) is 9.35 Å². The van der Waals surface area contributed by atoms with Gasteiger partial charge in [0.15, 0.2) is 0 Å². The minimum atomic E-state index is -0.108. The fourth-order valence-electron chi connectivity index (χ4n) is 2.27. The van der Waals surface area contributed by atoms with Crippen molar-refractivity contribution in [3.8, 4) is 0 Å². The molecule has 20 heavy (non-hydrogen) atoms. The van der Waals surface area contributed by atoms with E-state index in [-0.39, 0.29) is 18.5 Å². The summed E-state index contributed by atoms with van der Waals surface area (Å²) in [6, 6.07) is 10.1. The van der Waals surface area contributed by atoms with Gasteiger partial charge in [-0.05, 0) is 54.6 Å². The molecule has 0 aliphatic heterocycles. The molecule has 0 amide bonds. The Balaban J connectivity index is 1.53. The molecule has 2 aromatic rings. The van der Waals surface area contributed by atoms with Crippen molar-refractivity contribution < 1.29 is 9.53 Å². The molecule has 0 radical (unpaired) electrons. The van der Waals surface area contributed by atoms with Gasteiger partial charge in [0.25, 0.3) is 0 Å². The van der Waals surface area contributed by atoms with Crippen molar-refractivity contribution in [1.29, 1.82) is 0 Å². The molecule has 0 saturated heterocycles. The Morgan fingerprint density at radius 2 is 2.20 bits per heavy atom. The van der Waals surface area contributed by atoms with Crippen molar-refractivity contribution in [2.24, 2.45) is 5.92 Å². The Hall–Kier alpha value is -1.20. The average Bonchev–Trinajstić information content (AvgIpc) is 3.13. The van der Waals surface area contributed by atoms with Crippen LogP contribution in [0.3, 0.4) is 0 Å². The molecule has 3 nitrogen and oxygen atoms in total. The predicted molar refractivity (Wildman–Crippen MR) is 81.6 cm³/mol. The predicted octanol–water partition coefficient (Wildman–Crippen LogP) is 4.06. The number of hydrogen-bond acceptors (Lipinski definition) is 4. The van der Waals surface area contributed by atoms with Crippen LogP contribution in [0.1, 0.15) is 28.5 Å². The summed E-state index contributed by atoms with van der Waals surface area (Å²) in [5, 5.41) is 0. The molecule has 2 atom stereocenters. The van der Waals surface area contributed by atoms with Gasteiger partial charge in [-0.15, -0.1) is 0 Å². The van der Waals surface area contributed by atoms with Gasteiger partial charge in [-0.1, -0.05) is 28.1 Å². The van der Waals surface area contributed by atoms with Gasteiger partial charge in [0.1, 0.15) is 6.61 Å². The van der Waals surface area contributed by atoms with Gasteiger partial charge in [-0.3, -0.25) is 4.79 Å². The van der Waals surface area contributed by atoms with Crippen LogP contribution in [-0.2, 0) is 16.1 Å². The topological polar surface area (TPSA) is 39.2 Å². The van der Waals surface area contributed by atoms with Crippen LogP contribution >= 0.6 is 27.5 Å². The monoisotopic (exact) mass is 351 g/mol. The molecule has 1 fully saturated rings. The van der Waals surface area contributed by atoms with Crippen molar-refractivity contribution in [2.45, 2.75) is 25.9 Å². The third-order valence-electron chi connectivity index (χ3n) is 3.43. The lowest BCUT2D eigenvalue weighted by Crippen LogP contribution is -2.08. The fourth-order valence-corrected chi connectivity index (χ4v) is 3.09. The second kappa shape index (κ2) is 5.66. The number of nitrogens with zero attached hydrogens (tertiary/aromatic N) is 1. The first-order chi connectivity index (χ1) is 9.63. The molecule has 1 aromatic heterocycles. The summed E-state index contributed by atoms with van der Waals surface area (Å²) in [5.41, 5.74) is 2.04. The highest BCUT2D eigenvalue weighted by Crippen LogP contribution is 2.48. The standard InChI is InChI=1S/C15H14BrNO2S/c1-9-6-12(17-20-9)8-19-15(18)14-7-13(14)10-2-4-11(16)5-3-10/h2-6,13-14H,7-8H2,1H3/t13-,14+/m0/s1. The molecule has 1 saturated carbocycles. The Morgan fingerprint density at radius 1 is 1.45 bits per heavy atom. The lowest BCUT2D eigenvalue weighted by molar-refractivity contribution is -0.146. The molecule has 1 aromatic carbocycles. The van der Waals surface area contributed by atoms with Crippen LogP contribution in [0.2, 0.25) is 0 Å². The zero-order chi connectivity index (χ0) is 14.1. The lowest BCUT2D eigenvalue weighted by Gasteiger charge is -2.03. The number of ether oxygens (including phenoxy) is 1. The second-order valence-electron chi connectivity index (χ2n) is 5.04. The van der Waals surface area contributed by atoms with Crippen LogP contribution in [0.4, 0.5) is 0 Å². The number of benzene rings is 1. The van der Waals surface area contributed by atoms with Gasteiger partial charge >= 0.3 is 5.97 Å². The van der Waals surface area contributed by atoms with E-state index in [4.69, 9.17) is 4.74 Å². The quantitative estimate of drug-likeness (QED) is 0.779. The summed E-state index contributed by atoms with van der Waals surface area (Å²) in [4.78, 5) is 13.1. The van der Waals surface area contributed by atoms with E-state index in [2.05, 4.69) is 32.4 Å². The first kappa shape index (κ1) is 13.8. The van der Waals surface area contributed by atoms with E-state index in [1.54, 1.807) is 0 Å². The molecular weight excluding hydrogens is 338 g/mol. The number of aromatic nitrogens is 1. The summed E-state index contributed by atoms with van der Waals surface area (Å²) in [6.07, 6.45) is 0.885. The number of halogens is 1. The third-order valence-corrected chi connectivity index (χ3v) is 4.69. The number of esters is 1. The normalized spacial score (nSPS) is 20.7. The molecule has 0 spiro atoms. The van der Waals surface area contributed by atoms with Crippen LogP contribution in [0.15, 0.2) is 34.8 Å². The number of hydrogen-bond donors (Lipinski definition) is 0.